The predicted octanol–water partition coefficient (Wildman–Crippen LogP) is 0.596. The van der Waals surface area contributed by atoms with E-state index in [1.54, 1.807) is 12.3 Å². The minimum Gasteiger partial charge on any atom is -0.397 e. The molecule has 96 valence electrons. The van der Waals surface area contributed by atoms with Crippen LogP contribution in [-0.2, 0) is 16.0 Å². The Kier molecular flexibility index (Phi) is 2.91. The molecule has 2 unspecified atom stereocenters. The van der Waals surface area contributed by atoms with Crippen LogP contribution in [-0.4, -0.2) is 41.1 Å². The number of hydrogen-bond acceptors (Lipinski definition) is 4. The summed E-state index contributed by atoms with van der Waals surface area (Å²) in [4.78, 5) is 18.2. The van der Waals surface area contributed by atoms with Gasteiger partial charge in [0.25, 0.3) is 0 Å². The average Bonchev–Trinajstić information content (AvgIpc) is 2.71. The maximum absolute atomic E-state index is 12.2. The molecule has 2 aliphatic heterocycles. The molecule has 2 bridgehead atoms. The van der Waals surface area contributed by atoms with E-state index < -0.39 is 0 Å². The highest BCUT2D eigenvalue weighted by Gasteiger charge is 2.35. The van der Waals surface area contributed by atoms with Crippen molar-refractivity contribution in [3.63, 3.8) is 0 Å². The second kappa shape index (κ2) is 4.57. The largest absolute Gasteiger partial charge is 0.397 e. The fraction of sp³-hybridized carbons (Fsp3) is 0.538. The van der Waals surface area contributed by atoms with Crippen LogP contribution >= 0.6 is 0 Å². The van der Waals surface area contributed by atoms with Gasteiger partial charge in [0.1, 0.15) is 0 Å². The summed E-state index contributed by atoms with van der Waals surface area (Å²) >= 11 is 0. The highest BCUT2D eigenvalue weighted by Crippen LogP contribution is 2.26. The van der Waals surface area contributed by atoms with Crippen molar-refractivity contribution < 1.29 is 9.53 Å². The SMILES string of the molecule is Nc1ccc(CC(=O)N2CC3CCC(C2)O3)nc1. The first-order valence-corrected chi connectivity index (χ1v) is 6.34. The molecule has 2 saturated heterocycles. The fourth-order valence-electron chi connectivity index (χ4n) is 2.63. The number of carbonyl (C=O) groups excluding carboxylic acids is 1. The van der Waals surface area contributed by atoms with Crippen molar-refractivity contribution in [3.05, 3.63) is 24.0 Å². The predicted molar refractivity (Wildman–Crippen MR) is 66.8 cm³/mol. The van der Waals surface area contributed by atoms with Gasteiger partial charge in [-0.3, -0.25) is 9.78 Å². The number of rotatable bonds is 2. The topological polar surface area (TPSA) is 68.5 Å². The molecule has 0 aliphatic carbocycles. The minimum absolute atomic E-state index is 0.132. The number of nitrogens with two attached hydrogens (primary N) is 1. The van der Waals surface area contributed by atoms with E-state index >= 15 is 0 Å². The van der Waals surface area contributed by atoms with Gasteiger partial charge >= 0.3 is 0 Å². The molecule has 0 spiro atoms. The molecule has 1 amide bonds. The summed E-state index contributed by atoms with van der Waals surface area (Å²) in [6, 6.07) is 3.58. The maximum Gasteiger partial charge on any atom is 0.228 e. The van der Waals surface area contributed by atoms with Crippen LogP contribution in [0.5, 0.6) is 0 Å². The highest BCUT2D eigenvalue weighted by molar-refractivity contribution is 5.78. The van der Waals surface area contributed by atoms with Crippen molar-refractivity contribution in [2.45, 2.75) is 31.5 Å². The molecule has 1 aromatic rings. The molecule has 2 N–H and O–H groups in total. The number of nitrogen functional groups attached to an aromatic ring is 1. The normalized spacial score (nSPS) is 26.3. The number of hydrogen-bond donors (Lipinski definition) is 1. The van der Waals surface area contributed by atoms with Crippen molar-refractivity contribution >= 4 is 11.6 Å². The van der Waals surface area contributed by atoms with Crippen molar-refractivity contribution in [2.24, 2.45) is 0 Å². The minimum atomic E-state index is 0.132. The first-order chi connectivity index (χ1) is 8.70. The van der Waals surface area contributed by atoms with E-state index in [0.717, 1.165) is 31.6 Å². The van der Waals surface area contributed by atoms with Gasteiger partial charge in [0.2, 0.25) is 5.91 Å². The molecule has 2 fully saturated rings. The number of carbonyl (C=O) groups is 1. The molecule has 2 aliphatic rings. The Morgan fingerprint density at radius 2 is 2.11 bits per heavy atom. The van der Waals surface area contributed by atoms with Gasteiger partial charge in [-0.05, 0) is 25.0 Å². The second-order valence-electron chi connectivity index (χ2n) is 5.02. The smallest absolute Gasteiger partial charge is 0.228 e. The van der Waals surface area contributed by atoms with Gasteiger partial charge in [0, 0.05) is 18.8 Å². The first kappa shape index (κ1) is 11.5. The van der Waals surface area contributed by atoms with E-state index in [4.69, 9.17) is 10.5 Å². The van der Waals surface area contributed by atoms with Crippen LogP contribution in [0.1, 0.15) is 18.5 Å². The van der Waals surface area contributed by atoms with Crippen LogP contribution in [0.4, 0.5) is 5.69 Å². The number of morpholine rings is 1. The maximum atomic E-state index is 12.2. The Morgan fingerprint density at radius 3 is 2.72 bits per heavy atom. The van der Waals surface area contributed by atoms with Gasteiger partial charge in [0.05, 0.1) is 30.5 Å². The third-order valence-electron chi connectivity index (χ3n) is 3.58. The number of pyridine rings is 1. The van der Waals surface area contributed by atoms with Crippen LogP contribution in [0.15, 0.2) is 18.3 Å². The van der Waals surface area contributed by atoms with Crippen molar-refractivity contribution in [1.29, 1.82) is 0 Å². The molecular formula is C13H17N3O2. The molecule has 0 aromatic carbocycles. The van der Waals surface area contributed by atoms with E-state index in [1.165, 1.54) is 0 Å². The Labute approximate surface area is 106 Å². The molecular weight excluding hydrogens is 230 g/mol. The number of anilines is 1. The van der Waals surface area contributed by atoms with Gasteiger partial charge in [-0.15, -0.1) is 0 Å². The van der Waals surface area contributed by atoms with Crippen molar-refractivity contribution in [3.8, 4) is 0 Å². The number of likely N-dealkylation sites (tertiary alicyclic amines) is 1. The zero-order chi connectivity index (χ0) is 12.5. The third-order valence-corrected chi connectivity index (χ3v) is 3.58. The van der Waals surface area contributed by atoms with Crippen LogP contribution in [0.25, 0.3) is 0 Å². The zero-order valence-corrected chi connectivity index (χ0v) is 10.2. The third kappa shape index (κ3) is 2.31. The quantitative estimate of drug-likeness (QED) is 0.830. The molecule has 18 heavy (non-hydrogen) atoms. The second-order valence-corrected chi connectivity index (χ2v) is 5.02. The summed E-state index contributed by atoms with van der Waals surface area (Å²) in [7, 11) is 0. The van der Waals surface area contributed by atoms with E-state index in [1.807, 2.05) is 11.0 Å². The Bertz CT molecular complexity index is 434. The molecule has 3 rings (SSSR count). The fourth-order valence-corrected chi connectivity index (χ4v) is 2.63. The van der Waals surface area contributed by atoms with E-state index in [2.05, 4.69) is 4.98 Å². The number of amides is 1. The van der Waals surface area contributed by atoms with Gasteiger partial charge in [-0.1, -0.05) is 0 Å². The molecule has 2 atom stereocenters. The summed E-state index contributed by atoms with van der Waals surface area (Å²) in [5.41, 5.74) is 6.96. The summed E-state index contributed by atoms with van der Waals surface area (Å²) in [5, 5.41) is 0. The van der Waals surface area contributed by atoms with E-state index in [-0.39, 0.29) is 18.1 Å². The van der Waals surface area contributed by atoms with Crippen molar-refractivity contribution in [1.82, 2.24) is 9.88 Å². The lowest BCUT2D eigenvalue weighted by Gasteiger charge is -2.32. The highest BCUT2D eigenvalue weighted by atomic mass is 16.5. The summed E-state index contributed by atoms with van der Waals surface area (Å²) in [6.45, 7) is 1.45. The van der Waals surface area contributed by atoms with Crippen molar-refractivity contribution in [2.75, 3.05) is 18.8 Å². The molecule has 5 heteroatoms. The number of fused-ring (bicyclic) bond motifs is 2. The van der Waals surface area contributed by atoms with Crippen LogP contribution in [0.2, 0.25) is 0 Å². The summed E-state index contributed by atoms with van der Waals surface area (Å²) in [6.07, 6.45) is 4.58. The van der Waals surface area contributed by atoms with Gasteiger partial charge in [-0.25, -0.2) is 0 Å². The van der Waals surface area contributed by atoms with Crippen LogP contribution in [0.3, 0.4) is 0 Å². The van der Waals surface area contributed by atoms with Gasteiger partial charge in [-0.2, -0.15) is 0 Å². The Balaban J connectivity index is 1.63. The Morgan fingerprint density at radius 1 is 1.39 bits per heavy atom. The van der Waals surface area contributed by atoms with E-state index in [0.29, 0.717) is 12.1 Å². The molecule has 0 radical (unpaired) electrons. The Hall–Kier alpha value is -1.62. The lowest BCUT2D eigenvalue weighted by Crippen LogP contribution is -2.46. The number of ether oxygens (including phenoxy) is 1. The van der Waals surface area contributed by atoms with Gasteiger partial charge < -0.3 is 15.4 Å². The number of nitrogens with zero attached hydrogens (tertiary/aromatic N) is 2. The van der Waals surface area contributed by atoms with Crippen LogP contribution in [0, 0.1) is 0 Å². The standard InChI is InChI=1S/C13H17N3O2/c14-9-1-2-10(15-6-9)5-13(17)16-7-11-3-4-12(8-16)18-11/h1-2,6,11-12H,3-5,7-8,14H2. The summed E-state index contributed by atoms with van der Waals surface area (Å²) in [5.74, 6) is 0.132. The lowest BCUT2D eigenvalue weighted by atomic mass is 10.2. The van der Waals surface area contributed by atoms with Crippen LogP contribution < -0.4 is 5.73 Å². The van der Waals surface area contributed by atoms with E-state index in [9.17, 15) is 4.79 Å². The zero-order valence-electron chi connectivity index (χ0n) is 10.2. The lowest BCUT2D eigenvalue weighted by molar-refractivity contribution is -0.139. The summed E-state index contributed by atoms with van der Waals surface area (Å²) < 4.78 is 5.72. The molecule has 1 aromatic heterocycles. The molecule has 5 nitrogen and oxygen atoms in total. The molecule has 0 saturated carbocycles. The average molecular weight is 247 g/mol. The number of aromatic nitrogens is 1. The van der Waals surface area contributed by atoms with Gasteiger partial charge in [0.15, 0.2) is 0 Å². The first-order valence-electron chi connectivity index (χ1n) is 6.34. The molecule has 3 heterocycles. The monoisotopic (exact) mass is 247 g/mol.